The summed E-state index contributed by atoms with van der Waals surface area (Å²) < 4.78 is 17.7. The maximum absolute atomic E-state index is 12.4. The zero-order valence-electron chi connectivity index (χ0n) is 9.35. The Morgan fingerprint density at radius 2 is 1.87 bits per heavy atom. The second kappa shape index (κ2) is 4.93. The third-order valence-corrected chi connectivity index (χ3v) is 6.23. The van der Waals surface area contributed by atoms with E-state index in [1.54, 1.807) is 0 Å². The molecule has 2 aliphatic rings. The molecule has 2 fully saturated rings. The van der Waals surface area contributed by atoms with E-state index in [2.05, 4.69) is 6.92 Å². The van der Waals surface area contributed by atoms with Crippen LogP contribution in [-0.2, 0) is 15.5 Å². The van der Waals surface area contributed by atoms with Crippen LogP contribution in [0, 0.1) is 5.92 Å². The Balaban J connectivity index is 1.95. The molecule has 1 aliphatic carbocycles. The molecule has 15 heavy (non-hydrogen) atoms. The number of rotatable bonds is 2. The summed E-state index contributed by atoms with van der Waals surface area (Å²) in [6, 6.07) is 0.263. The van der Waals surface area contributed by atoms with Gasteiger partial charge in [0.1, 0.15) is 0 Å². The fourth-order valence-corrected chi connectivity index (χ4v) is 4.79. The van der Waals surface area contributed by atoms with Gasteiger partial charge in [0.05, 0.1) is 0 Å². The molecule has 4 atom stereocenters. The van der Waals surface area contributed by atoms with Gasteiger partial charge in [0.2, 0.25) is 0 Å². The molecule has 0 spiro atoms. The molecular weight excluding hydrogens is 210 g/mol. The minimum Gasteiger partial charge on any atom is -0.381 e. The van der Waals surface area contributed by atoms with Crippen molar-refractivity contribution >= 4 is 10.8 Å². The molecular formula is C11H21NO2S. The van der Waals surface area contributed by atoms with Gasteiger partial charge in [-0.25, -0.2) is 0 Å². The van der Waals surface area contributed by atoms with Crippen LogP contribution in [-0.4, -0.2) is 34.0 Å². The van der Waals surface area contributed by atoms with Crippen molar-refractivity contribution < 1.29 is 8.95 Å². The summed E-state index contributed by atoms with van der Waals surface area (Å²) in [4.78, 5) is 0. The van der Waals surface area contributed by atoms with Crippen molar-refractivity contribution in [1.82, 2.24) is 0 Å². The zero-order chi connectivity index (χ0) is 10.8. The van der Waals surface area contributed by atoms with Crippen LogP contribution < -0.4 is 5.73 Å². The first kappa shape index (κ1) is 11.6. The Kier molecular flexibility index (Phi) is 3.80. The zero-order valence-corrected chi connectivity index (χ0v) is 10.2. The number of hydrogen-bond donors (Lipinski definition) is 1. The smallest absolute Gasteiger partial charge is 0.0477 e. The maximum Gasteiger partial charge on any atom is 0.0477 e. The van der Waals surface area contributed by atoms with Gasteiger partial charge in [-0.2, -0.15) is 0 Å². The number of hydrogen-bond acceptors (Lipinski definition) is 3. The molecule has 3 nitrogen and oxygen atoms in total. The SMILES string of the molecule is CC1C(N)CCC1S(=O)C1CCOCC1. The highest BCUT2D eigenvalue weighted by Crippen LogP contribution is 2.31. The Hall–Kier alpha value is 0.0700. The van der Waals surface area contributed by atoms with E-state index in [1.807, 2.05) is 0 Å². The summed E-state index contributed by atoms with van der Waals surface area (Å²) >= 11 is 0. The predicted molar refractivity (Wildman–Crippen MR) is 62.1 cm³/mol. The fourth-order valence-electron chi connectivity index (χ4n) is 2.64. The van der Waals surface area contributed by atoms with Gasteiger partial charge in [-0.3, -0.25) is 4.21 Å². The average molecular weight is 231 g/mol. The topological polar surface area (TPSA) is 52.3 Å². The van der Waals surface area contributed by atoms with Gasteiger partial charge in [-0.05, 0) is 31.6 Å². The standard InChI is InChI=1S/C11H21NO2S/c1-8-10(12)2-3-11(8)15(13)9-4-6-14-7-5-9/h8-11H,2-7,12H2,1H3. The van der Waals surface area contributed by atoms with Crippen LogP contribution in [0.5, 0.6) is 0 Å². The first-order chi connectivity index (χ1) is 7.20. The maximum atomic E-state index is 12.4. The van der Waals surface area contributed by atoms with Crippen LogP contribution in [0.15, 0.2) is 0 Å². The van der Waals surface area contributed by atoms with Crippen molar-refractivity contribution in [3.8, 4) is 0 Å². The molecule has 1 heterocycles. The van der Waals surface area contributed by atoms with E-state index < -0.39 is 10.8 Å². The summed E-state index contributed by atoms with van der Waals surface area (Å²) in [5.41, 5.74) is 5.98. The van der Waals surface area contributed by atoms with Crippen LogP contribution in [0.4, 0.5) is 0 Å². The molecule has 1 saturated heterocycles. The number of nitrogens with two attached hydrogens (primary N) is 1. The first-order valence-corrected chi connectivity index (χ1v) is 7.20. The first-order valence-electron chi connectivity index (χ1n) is 5.93. The lowest BCUT2D eigenvalue weighted by atomic mass is 10.1. The van der Waals surface area contributed by atoms with Crippen molar-refractivity contribution in [3.05, 3.63) is 0 Å². The lowest BCUT2D eigenvalue weighted by molar-refractivity contribution is 0.0990. The molecule has 0 aromatic rings. The summed E-state index contributed by atoms with van der Waals surface area (Å²) in [7, 11) is -0.693. The molecule has 0 radical (unpaired) electrons. The van der Waals surface area contributed by atoms with Gasteiger partial charge in [0.15, 0.2) is 0 Å². The molecule has 0 bridgehead atoms. The van der Waals surface area contributed by atoms with E-state index in [4.69, 9.17) is 10.5 Å². The van der Waals surface area contributed by atoms with Crippen LogP contribution in [0.1, 0.15) is 32.6 Å². The fraction of sp³-hybridized carbons (Fsp3) is 1.00. The molecule has 0 aromatic heterocycles. The molecule has 88 valence electrons. The van der Waals surface area contributed by atoms with E-state index in [-0.39, 0.29) is 6.04 Å². The van der Waals surface area contributed by atoms with E-state index in [0.29, 0.717) is 16.4 Å². The highest BCUT2D eigenvalue weighted by Gasteiger charge is 2.37. The largest absolute Gasteiger partial charge is 0.381 e. The Morgan fingerprint density at radius 3 is 2.40 bits per heavy atom. The molecule has 2 N–H and O–H groups in total. The van der Waals surface area contributed by atoms with Crippen LogP contribution in [0.25, 0.3) is 0 Å². The third-order valence-electron chi connectivity index (χ3n) is 3.84. The van der Waals surface area contributed by atoms with Gasteiger partial charge in [-0.1, -0.05) is 6.92 Å². The van der Waals surface area contributed by atoms with Gasteiger partial charge in [0.25, 0.3) is 0 Å². The lowest BCUT2D eigenvalue weighted by Gasteiger charge is -2.26. The second-order valence-electron chi connectivity index (χ2n) is 4.78. The van der Waals surface area contributed by atoms with Gasteiger partial charge < -0.3 is 10.5 Å². The normalized spacial score (nSPS) is 40.5. The highest BCUT2D eigenvalue weighted by atomic mass is 32.2. The van der Waals surface area contributed by atoms with Crippen LogP contribution in [0.2, 0.25) is 0 Å². The lowest BCUT2D eigenvalue weighted by Crippen LogP contribution is -2.35. The number of ether oxygens (including phenoxy) is 1. The molecule has 1 saturated carbocycles. The van der Waals surface area contributed by atoms with E-state index in [0.717, 1.165) is 38.9 Å². The van der Waals surface area contributed by atoms with Crippen LogP contribution >= 0.6 is 0 Å². The minimum atomic E-state index is -0.693. The van der Waals surface area contributed by atoms with Crippen molar-refractivity contribution in [2.24, 2.45) is 11.7 Å². The van der Waals surface area contributed by atoms with Crippen molar-refractivity contribution in [2.45, 2.75) is 49.1 Å². The average Bonchev–Trinajstić information content (AvgIpc) is 2.60. The van der Waals surface area contributed by atoms with Crippen LogP contribution in [0.3, 0.4) is 0 Å². The second-order valence-corrected chi connectivity index (χ2v) is 6.71. The van der Waals surface area contributed by atoms with Crippen molar-refractivity contribution in [1.29, 1.82) is 0 Å². The van der Waals surface area contributed by atoms with E-state index in [1.165, 1.54) is 0 Å². The summed E-state index contributed by atoms with van der Waals surface area (Å²) in [5, 5.41) is 0.694. The Bertz CT molecular complexity index is 241. The van der Waals surface area contributed by atoms with Crippen molar-refractivity contribution in [2.75, 3.05) is 13.2 Å². The van der Waals surface area contributed by atoms with Crippen molar-refractivity contribution in [3.63, 3.8) is 0 Å². The highest BCUT2D eigenvalue weighted by molar-refractivity contribution is 7.86. The van der Waals surface area contributed by atoms with Gasteiger partial charge in [0, 0.05) is 40.6 Å². The van der Waals surface area contributed by atoms with E-state index >= 15 is 0 Å². The summed E-state index contributed by atoms with van der Waals surface area (Å²) in [6.07, 6.45) is 4.02. The molecule has 0 amide bonds. The Labute approximate surface area is 94.2 Å². The monoisotopic (exact) mass is 231 g/mol. The summed E-state index contributed by atoms with van der Waals surface area (Å²) in [6.45, 7) is 3.71. The summed E-state index contributed by atoms with van der Waals surface area (Å²) in [5.74, 6) is 0.425. The molecule has 1 aliphatic heterocycles. The quantitative estimate of drug-likeness (QED) is 0.772. The Morgan fingerprint density at radius 1 is 1.20 bits per heavy atom. The van der Waals surface area contributed by atoms with Gasteiger partial charge in [-0.15, -0.1) is 0 Å². The minimum absolute atomic E-state index is 0.263. The molecule has 4 heteroatoms. The molecule has 0 aromatic carbocycles. The predicted octanol–water partition coefficient (Wildman–Crippen LogP) is 1.04. The van der Waals surface area contributed by atoms with Gasteiger partial charge >= 0.3 is 0 Å². The third kappa shape index (κ3) is 2.43. The molecule has 4 unspecified atom stereocenters. The van der Waals surface area contributed by atoms with E-state index in [9.17, 15) is 4.21 Å². The molecule has 2 rings (SSSR count).